The van der Waals surface area contributed by atoms with Gasteiger partial charge in [-0.25, -0.2) is 4.79 Å². The van der Waals surface area contributed by atoms with Crippen LogP contribution in [0.15, 0.2) is 95.0 Å². The fourth-order valence-corrected chi connectivity index (χ4v) is 5.36. The van der Waals surface area contributed by atoms with E-state index in [1.807, 2.05) is 72.2 Å². The first-order valence-electron chi connectivity index (χ1n) is 13.0. The van der Waals surface area contributed by atoms with Crippen molar-refractivity contribution in [1.82, 2.24) is 14.8 Å². The van der Waals surface area contributed by atoms with Crippen LogP contribution >= 0.6 is 11.8 Å². The molecule has 8 nitrogen and oxygen atoms in total. The maximum absolute atomic E-state index is 12.4. The molecule has 208 valence electrons. The Morgan fingerprint density at radius 1 is 0.927 bits per heavy atom. The van der Waals surface area contributed by atoms with Gasteiger partial charge < -0.3 is 23.9 Å². The third-order valence-corrected chi connectivity index (χ3v) is 7.52. The van der Waals surface area contributed by atoms with Gasteiger partial charge in [0.05, 0.1) is 14.2 Å². The number of fused-ring (bicyclic) bond motifs is 1. The van der Waals surface area contributed by atoms with Crippen LogP contribution < -0.4 is 14.2 Å². The number of carboxylic acids is 1. The van der Waals surface area contributed by atoms with Crippen LogP contribution in [0.25, 0.3) is 28.2 Å². The number of ether oxygens (including phenoxy) is 3. The van der Waals surface area contributed by atoms with Gasteiger partial charge in [0.1, 0.15) is 28.8 Å². The molecule has 0 spiro atoms. The molecule has 0 saturated carbocycles. The van der Waals surface area contributed by atoms with Crippen molar-refractivity contribution < 1.29 is 24.1 Å². The number of thioether (sulfide) groups is 1. The highest BCUT2D eigenvalue weighted by Gasteiger charge is 2.20. The topological polar surface area (TPSA) is 95.7 Å². The fourth-order valence-electron chi connectivity index (χ4n) is 4.48. The van der Waals surface area contributed by atoms with Gasteiger partial charge in [0, 0.05) is 23.7 Å². The molecule has 1 heterocycles. The molecule has 0 radical (unpaired) electrons. The summed E-state index contributed by atoms with van der Waals surface area (Å²) in [5.41, 5.74) is 2.45. The van der Waals surface area contributed by atoms with Crippen LogP contribution in [0.5, 0.6) is 17.2 Å². The van der Waals surface area contributed by atoms with Gasteiger partial charge >= 0.3 is 5.97 Å². The minimum atomic E-state index is -1.07. The number of para-hydroxylation sites is 1. The van der Waals surface area contributed by atoms with Crippen LogP contribution in [0.1, 0.15) is 18.1 Å². The van der Waals surface area contributed by atoms with Crippen molar-refractivity contribution in [1.29, 1.82) is 0 Å². The van der Waals surface area contributed by atoms with Crippen molar-refractivity contribution >= 4 is 34.6 Å². The van der Waals surface area contributed by atoms with Crippen LogP contribution in [-0.4, -0.2) is 40.1 Å². The fraction of sp³-hybridized carbons (Fsp3) is 0.156. The van der Waals surface area contributed by atoms with E-state index in [2.05, 4.69) is 28.4 Å². The third kappa shape index (κ3) is 6.20. The smallest absolute Gasteiger partial charge is 0.342 e. The van der Waals surface area contributed by atoms with Crippen molar-refractivity contribution in [3.05, 3.63) is 101 Å². The van der Waals surface area contributed by atoms with E-state index in [9.17, 15) is 9.90 Å². The lowest BCUT2D eigenvalue weighted by Crippen LogP contribution is -2.03. The maximum atomic E-state index is 12.4. The monoisotopic (exact) mass is 567 g/mol. The second kappa shape index (κ2) is 12.6. The van der Waals surface area contributed by atoms with Gasteiger partial charge in [0.15, 0.2) is 11.0 Å². The molecule has 0 aliphatic heterocycles. The van der Waals surface area contributed by atoms with Crippen LogP contribution in [-0.2, 0) is 17.9 Å². The average molecular weight is 568 g/mol. The molecule has 5 rings (SSSR count). The number of aliphatic carboxylic acids is 1. The Labute approximate surface area is 242 Å². The van der Waals surface area contributed by atoms with Gasteiger partial charge in [0.25, 0.3) is 0 Å². The molecule has 0 bridgehead atoms. The van der Waals surface area contributed by atoms with Crippen molar-refractivity contribution in [2.24, 2.45) is 0 Å². The summed E-state index contributed by atoms with van der Waals surface area (Å²) in [6.45, 7) is 2.83. The molecule has 1 N–H and O–H groups in total. The van der Waals surface area contributed by atoms with Gasteiger partial charge in [0.2, 0.25) is 0 Å². The number of hydrogen-bond donors (Lipinski definition) is 1. The van der Waals surface area contributed by atoms with E-state index in [1.165, 1.54) is 0 Å². The highest BCUT2D eigenvalue weighted by Crippen LogP contribution is 2.34. The van der Waals surface area contributed by atoms with Crippen LogP contribution in [0.3, 0.4) is 0 Å². The molecule has 0 fully saturated rings. The van der Waals surface area contributed by atoms with Crippen molar-refractivity contribution in [3.8, 4) is 28.6 Å². The van der Waals surface area contributed by atoms with Crippen LogP contribution in [0, 0.1) is 0 Å². The summed E-state index contributed by atoms with van der Waals surface area (Å²) in [6.07, 6.45) is 1.61. The minimum Gasteiger partial charge on any atom is -0.497 e. The van der Waals surface area contributed by atoms with E-state index >= 15 is 0 Å². The molecule has 5 aromatic rings. The predicted molar refractivity (Wildman–Crippen MR) is 160 cm³/mol. The quantitative estimate of drug-likeness (QED) is 0.136. The highest BCUT2D eigenvalue weighted by atomic mass is 32.2. The number of carbonyl (C=O) groups is 1. The number of benzene rings is 4. The molecule has 0 unspecified atom stereocenters. The first-order valence-corrected chi connectivity index (χ1v) is 13.8. The zero-order valence-corrected chi connectivity index (χ0v) is 23.7. The zero-order valence-electron chi connectivity index (χ0n) is 22.9. The number of methoxy groups -OCH3 is 2. The predicted octanol–water partition coefficient (Wildman–Crippen LogP) is 6.93. The first-order chi connectivity index (χ1) is 20.0. The summed E-state index contributed by atoms with van der Waals surface area (Å²) in [5.74, 6) is 1.32. The Morgan fingerprint density at radius 3 is 2.37 bits per heavy atom. The van der Waals surface area contributed by atoms with E-state index in [4.69, 9.17) is 14.2 Å². The Balaban J connectivity index is 1.43. The molecular formula is C32H29N3O5S. The summed E-state index contributed by atoms with van der Waals surface area (Å²) in [5, 5.41) is 21.5. The third-order valence-electron chi connectivity index (χ3n) is 6.52. The number of hydrogen-bond acceptors (Lipinski definition) is 7. The molecular weight excluding hydrogens is 538 g/mol. The van der Waals surface area contributed by atoms with Crippen molar-refractivity contribution in [2.75, 3.05) is 14.2 Å². The van der Waals surface area contributed by atoms with E-state index in [1.54, 1.807) is 26.4 Å². The lowest BCUT2D eigenvalue weighted by Gasteiger charge is -2.12. The van der Waals surface area contributed by atoms with Crippen molar-refractivity contribution in [2.45, 2.75) is 25.2 Å². The largest absolute Gasteiger partial charge is 0.497 e. The van der Waals surface area contributed by atoms with Gasteiger partial charge in [-0.15, -0.1) is 10.2 Å². The Kier molecular flexibility index (Phi) is 8.55. The van der Waals surface area contributed by atoms with Crippen molar-refractivity contribution in [3.63, 3.8) is 0 Å². The average Bonchev–Trinajstić information content (AvgIpc) is 3.42. The van der Waals surface area contributed by atoms with Crippen LogP contribution in [0.4, 0.5) is 0 Å². The second-order valence-electron chi connectivity index (χ2n) is 9.03. The normalized spacial score (nSPS) is 11.4. The van der Waals surface area contributed by atoms with E-state index in [-0.39, 0.29) is 4.91 Å². The molecule has 0 aliphatic rings. The SMILES string of the molecule is CCn1c(S/C(=C\c2ccccc2OCc2cccc3ccccc23)C(=O)O)nnc1-c1cc(OC)cc(OC)c1. The summed E-state index contributed by atoms with van der Waals surface area (Å²) < 4.78 is 18.9. The lowest BCUT2D eigenvalue weighted by atomic mass is 10.1. The Morgan fingerprint density at radius 2 is 1.63 bits per heavy atom. The lowest BCUT2D eigenvalue weighted by molar-refractivity contribution is -0.131. The van der Waals surface area contributed by atoms with Gasteiger partial charge in [-0.3, -0.25) is 0 Å². The highest BCUT2D eigenvalue weighted by molar-refractivity contribution is 8.04. The van der Waals surface area contributed by atoms with Crippen LogP contribution in [0.2, 0.25) is 0 Å². The van der Waals surface area contributed by atoms with Gasteiger partial charge in [-0.1, -0.05) is 60.7 Å². The molecule has 0 amide bonds. The van der Waals surface area contributed by atoms with E-state index < -0.39 is 5.97 Å². The molecule has 0 saturated heterocycles. The summed E-state index contributed by atoms with van der Waals surface area (Å²) in [6, 6.07) is 27.1. The summed E-state index contributed by atoms with van der Waals surface area (Å²) in [4.78, 5) is 12.5. The summed E-state index contributed by atoms with van der Waals surface area (Å²) in [7, 11) is 3.16. The van der Waals surface area contributed by atoms with Gasteiger partial charge in [-0.2, -0.15) is 0 Å². The molecule has 1 aromatic heterocycles. The molecule has 0 aliphatic carbocycles. The standard InChI is InChI=1S/C32H29N3O5S/c1-4-35-30(24-16-25(38-2)19-26(17-24)39-3)33-34-32(35)41-29(31(36)37)18-22-11-6-8-15-28(22)40-20-23-13-9-12-21-10-5-7-14-27(21)23/h5-19H,4,20H2,1-3H3,(H,36,37)/b29-18-. The Hall–Kier alpha value is -4.76. The summed E-state index contributed by atoms with van der Waals surface area (Å²) >= 11 is 1.04. The first kappa shape index (κ1) is 27.8. The van der Waals surface area contributed by atoms with E-state index in [0.717, 1.165) is 33.7 Å². The maximum Gasteiger partial charge on any atom is 0.342 e. The van der Waals surface area contributed by atoms with E-state index in [0.29, 0.717) is 46.9 Å². The molecule has 9 heteroatoms. The minimum absolute atomic E-state index is 0.0862. The molecule has 4 aromatic carbocycles. The Bertz CT molecular complexity index is 1700. The number of carboxylic acid groups (broad SMARTS) is 1. The second-order valence-corrected chi connectivity index (χ2v) is 10.0. The number of rotatable bonds is 11. The molecule has 41 heavy (non-hydrogen) atoms. The number of nitrogens with zero attached hydrogens (tertiary/aromatic N) is 3. The molecule has 0 atom stereocenters. The zero-order chi connectivity index (χ0) is 28.8. The van der Waals surface area contributed by atoms with Gasteiger partial charge in [-0.05, 0) is 59.3 Å². The number of aromatic nitrogens is 3.